The molecule has 2 aromatic heterocycles. The zero-order chi connectivity index (χ0) is 11.4. The molecule has 2 N–H and O–H groups in total. The molecule has 16 heavy (non-hydrogen) atoms. The average Bonchev–Trinajstić information content (AvgIpc) is 2.78. The van der Waals surface area contributed by atoms with Crippen LogP contribution in [0.1, 0.15) is 5.82 Å². The lowest BCUT2D eigenvalue weighted by atomic mass is 10.4. The van der Waals surface area contributed by atoms with Gasteiger partial charge in [-0.1, -0.05) is 0 Å². The maximum atomic E-state index is 11.1. The quantitative estimate of drug-likeness (QED) is 0.727. The molecule has 0 saturated heterocycles. The minimum Gasteiger partial charge on any atom is -0.359 e. The van der Waals surface area contributed by atoms with Crippen LogP contribution in [0.4, 0.5) is 0 Å². The Morgan fingerprint density at radius 2 is 2.38 bits per heavy atom. The van der Waals surface area contributed by atoms with Crippen molar-refractivity contribution in [3.8, 4) is 11.5 Å². The predicted octanol–water partition coefficient (Wildman–Crippen LogP) is -0.450. The summed E-state index contributed by atoms with van der Waals surface area (Å²) in [5.41, 5.74) is 0.571. The van der Waals surface area contributed by atoms with Crippen LogP contribution in [0.5, 0.6) is 0 Å². The Morgan fingerprint density at radius 1 is 1.50 bits per heavy atom. The van der Waals surface area contributed by atoms with Gasteiger partial charge in [-0.15, -0.1) is 0 Å². The van der Waals surface area contributed by atoms with Crippen LogP contribution >= 0.6 is 0 Å². The van der Waals surface area contributed by atoms with Gasteiger partial charge in [0.15, 0.2) is 0 Å². The molecule has 0 aromatic carbocycles. The molecule has 0 aliphatic carbocycles. The Kier molecular flexibility index (Phi) is 2.86. The van der Waals surface area contributed by atoms with Gasteiger partial charge in [0, 0.05) is 19.4 Å². The lowest BCUT2D eigenvalue weighted by Crippen LogP contribution is -2.20. The van der Waals surface area contributed by atoms with E-state index in [1.54, 1.807) is 25.6 Å². The topological polar surface area (TPSA) is 96.5 Å². The number of rotatable bonds is 3. The zero-order valence-corrected chi connectivity index (χ0v) is 8.64. The van der Waals surface area contributed by atoms with Crippen LogP contribution in [0.15, 0.2) is 18.6 Å². The molecule has 0 saturated carbocycles. The Bertz CT molecular complexity index is 480. The number of likely N-dealkylation sites (N-methyl/N-ethyl adjacent to an activating group) is 1. The second kappa shape index (κ2) is 4.47. The van der Waals surface area contributed by atoms with Gasteiger partial charge in [0.25, 0.3) is 0 Å². The van der Waals surface area contributed by atoms with Crippen molar-refractivity contribution in [3.63, 3.8) is 0 Å². The van der Waals surface area contributed by atoms with Crippen molar-refractivity contribution in [1.29, 1.82) is 0 Å². The molecule has 0 aliphatic rings. The van der Waals surface area contributed by atoms with Crippen molar-refractivity contribution in [2.75, 3.05) is 7.05 Å². The van der Waals surface area contributed by atoms with Gasteiger partial charge in [0.05, 0.1) is 12.6 Å². The fourth-order valence-electron chi connectivity index (χ4n) is 1.14. The monoisotopic (exact) mass is 218 g/mol. The molecule has 0 radical (unpaired) electrons. The summed E-state index contributed by atoms with van der Waals surface area (Å²) >= 11 is 0. The largest absolute Gasteiger partial charge is 0.359 e. The number of amides is 1. The molecule has 0 unspecified atom stereocenters. The molecule has 0 spiro atoms. The van der Waals surface area contributed by atoms with Crippen molar-refractivity contribution in [3.05, 3.63) is 24.4 Å². The molecule has 2 heterocycles. The number of carbonyl (C=O) groups excluding carboxylic acids is 1. The highest BCUT2D eigenvalue weighted by atomic mass is 16.1. The fraction of sp³-hybridized carbons (Fsp3) is 0.222. The van der Waals surface area contributed by atoms with E-state index < -0.39 is 0 Å². The molecule has 7 nitrogen and oxygen atoms in total. The molecule has 0 fully saturated rings. The molecule has 7 heteroatoms. The lowest BCUT2D eigenvalue weighted by molar-refractivity contribution is -0.120. The van der Waals surface area contributed by atoms with Crippen LogP contribution in [0.25, 0.3) is 11.5 Å². The van der Waals surface area contributed by atoms with E-state index in [9.17, 15) is 4.79 Å². The molecule has 0 bridgehead atoms. The highest BCUT2D eigenvalue weighted by Crippen LogP contribution is 2.08. The van der Waals surface area contributed by atoms with E-state index in [4.69, 9.17) is 0 Å². The van der Waals surface area contributed by atoms with Gasteiger partial charge in [-0.05, 0) is 0 Å². The Hall–Kier alpha value is -2.31. The van der Waals surface area contributed by atoms with Crippen molar-refractivity contribution in [2.24, 2.45) is 0 Å². The minimum absolute atomic E-state index is 0.123. The van der Waals surface area contributed by atoms with Crippen molar-refractivity contribution < 1.29 is 4.79 Å². The van der Waals surface area contributed by atoms with E-state index in [1.807, 2.05) is 0 Å². The average molecular weight is 218 g/mol. The van der Waals surface area contributed by atoms with Crippen molar-refractivity contribution in [1.82, 2.24) is 30.5 Å². The summed E-state index contributed by atoms with van der Waals surface area (Å²) in [6, 6.07) is 0. The summed E-state index contributed by atoms with van der Waals surface area (Å²) in [6.45, 7) is 0. The van der Waals surface area contributed by atoms with Gasteiger partial charge in [0.2, 0.25) is 11.7 Å². The third-order valence-corrected chi connectivity index (χ3v) is 1.93. The third kappa shape index (κ3) is 2.19. The van der Waals surface area contributed by atoms with E-state index in [0.717, 1.165) is 0 Å². The molecule has 0 aliphatic heterocycles. The Balaban J connectivity index is 2.17. The zero-order valence-electron chi connectivity index (χ0n) is 8.64. The number of aromatic nitrogens is 5. The number of nitrogens with zero attached hydrogens (tertiary/aromatic N) is 4. The highest BCUT2D eigenvalue weighted by molar-refractivity contribution is 5.77. The van der Waals surface area contributed by atoms with Crippen LogP contribution in [-0.4, -0.2) is 38.1 Å². The van der Waals surface area contributed by atoms with E-state index >= 15 is 0 Å². The predicted molar refractivity (Wildman–Crippen MR) is 55.2 cm³/mol. The van der Waals surface area contributed by atoms with Crippen molar-refractivity contribution in [2.45, 2.75) is 6.42 Å². The summed E-state index contributed by atoms with van der Waals surface area (Å²) in [5, 5.41) is 9.14. The van der Waals surface area contributed by atoms with Gasteiger partial charge >= 0.3 is 0 Å². The van der Waals surface area contributed by atoms with Crippen LogP contribution in [0.2, 0.25) is 0 Å². The van der Waals surface area contributed by atoms with Crippen LogP contribution in [0.3, 0.4) is 0 Å². The van der Waals surface area contributed by atoms with Crippen LogP contribution < -0.4 is 5.32 Å². The third-order valence-electron chi connectivity index (χ3n) is 1.93. The fourth-order valence-corrected chi connectivity index (χ4v) is 1.14. The molecule has 2 aromatic rings. The summed E-state index contributed by atoms with van der Waals surface area (Å²) in [4.78, 5) is 23.2. The molecular formula is C9H10N6O. The number of aromatic amines is 1. The first kappa shape index (κ1) is 10.2. The number of nitrogens with one attached hydrogen (secondary N) is 2. The molecule has 0 atom stereocenters. The first-order valence-corrected chi connectivity index (χ1v) is 4.68. The first-order valence-electron chi connectivity index (χ1n) is 4.68. The molecule has 2 rings (SSSR count). The molecule has 1 amide bonds. The van der Waals surface area contributed by atoms with E-state index in [-0.39, 0.29) is 12.3 Å². The first-order chi connectivity index (χ1) is 7.79. The van der Waals surface area contributed by atoms with Gasteiger partial charge in [0.1, 0.15) is 11.5 Å². The summed E-state index contributed by atoms with van der Waals surface area (Å²) in [7, 11) is 1.57. The Labute approximate surface area is 91.4 Å². The Morgan fingerprint density at radius 3 is 3.06 bits per heavy atom. The summed E-state index contributed by atoms with van der Waals surface area (Å²) in [6.07, 6.45) is 4.86. The molecular weight excluding hydrogens is 208 g/mol. The number of H-pyrrole nitrogens is 1. The van der Waals surface area contributed by atoms with E-state index in [0.29, 0.717) is 17.3 Å². The smallest absolute Gasteiger partial charge is 0.227 e. The van der Waals surface area contributed by atoms with Gasteiger partial charge in [-0.25, -0.2) is 9.97 Å². The van der Waals surface area contributed by atoms with E-state index in [1.165, 1.54) is 0 Å². The molecule has 82 valence electrons. The standard InChI is InChI=1S/C9H10N6O/c1-10-8(16)4-7-13-9(15-14-7)6-5-11-2-3-12-6/h2-3,5H,4H2,1H3,(H,10,16)(H,13,14,15). The van der Waals surface area contributed by atoms with Crippen LogP contribution in [0, 0.1) is 0 Å². The maximum absolute atomic E-state index is 11.1. The number of carbonyl (C=O) groups is 1. The second-order valence-corrected chi connectivity index (χ2v) is 3.05. The summed E-state index contributed by atoms with van der Waals surface area (Å²) < 4.78 is 0. The second-order valence-electron chi connectivity index (χ2n) is 3.05. The van der Waals surface area contributed by atoms with Crippen LogP contribution in [-0.2, 0) is 11.2 Å². The van der Waals surface area contributed by atoms with Crippen molar-refractivity contribution >= 4 is 5.91 Å². The SMILES string of the molecule is CNC(=O)Cc1nc(-c2cnccn2)n[nH]1. The van der Waals surface area contributed by atoms with Gasteiger partial charge in [-0.3, -0.25) is 14.9 Å². The van der Waals surface area contributed by atoms with Gasteiger partial charge < -0.3 is 5.32 Å². The normalized spacial score (nSPS) is 10.1. The number of hydrogen-bond acceptors (Lipinski definition) is 5. The lowest BCUT2D eigenvalue weighted by Gasteiger charge is -1.93. The number of hydrogen-bond donors (Lipinski definition) is 2. The maximum Gasteiger partial charge on any atom is 0.227 e. The van der Waals surface area contributed by atoms with Gasteiger partial charge in [-0.2, -0.15) is 5.10 Å². The minimum atomic E-state index is -0.123. The van der Waals surface area contributed by atoms with E-state index in [2.05, 4.69) is 30.5 Å². The highest BCUT2D eigenvalue weighted by Gasteiger charge is 2.09. The summed E-state index contributed by atoms with van der Waals surface area (Å²) in [5.74, 6) is 0.814.